The zero-order chi connectivity index (χ0) is 19.7. The molecule has 0 aliphatic heterocycles. The molecular weight excluding hydrogens is 362 g/mol. The van der Waals surface area contributed by atoms with E-state index in [0.717, 1.165) is 15.7 Å². The highest BCUT2D eigenvalue weighted by Crippen LogP contribution is 2.21. The van der Waals surface area contributed by atoms with Crippen molar-refractivity contribution in [1.82, 2.24) is 14.5 Å². The lowest BCUT2D eigenvalue weighted by Gasteiger charge is -2.10. The monoisotopic (exact) mass is 375 g/mol. The van der Waals surface area contributed by atoms with E-state index in [1.54, 1.807) is 18.5 Å². The van der Waals surface area contributed by atoms with Gasteiger partial charge in [-0.1, -0.05) is 12.1 Å². The third kappa shape index (κ3) is 3.05. The molecule has 0 amide bonds. The lowest BCUT2D eigenvalue weighted by atomic mass is 10.0. The van der Waals surface area contributed by atoms with Gasteiger partial charge in [0.2, 0.25) is 5.65 Å². The van der Waals surface area contributed by atoms with Gasteiger partial charge >= 0.3 is 5.69 Å². The molecule has 4 aromatic rings. The molecule has 138 valence electrons. The number of hydrogen-bond acceptors (Lipinski definition) is 6. The fourth-order valence-corrected chi connectivity index (χ4v) is 3.04. The van der Waals surface area contributed by atoms with Gasteiger partial charge in [-0.05, 0) is 35.7 Å². The van der Waals surface area contributed by atoms with Crippen molar-refractivity contribution in [1.29, 1.82) is 0 Å². The Morgan fingerprint density at radius 1 is 1.14 bits per heavy atom. The summed E-state index contributed by atoms with van der Waals surface area (Å²) in [5, 5.41) is 23.8. The lowest BCUT2D eigenvalue weighted by Crippen LogP contribution is -2.49. The van der Waals surface area contributed by atoms with Gasteiger partial charge in [0, 0.05) is 24.7 Å². The Balaban J connectivity index is 1.96. The van der Waals surface area contributed by atoms with E-state index < -0.39 is 10.6 Å². The molecular formula is C19H13N5O4. The van der Waals surface area contributed by atoms with Gasteiger partial charge in [0.05, 0.1) is 16.4 Å². The molecule has 3 aromatic heterocycles. The van der Waals surface area contributed by atoms with Crippen LogP contribution in [0.15, 0.2) is 72.0 Å². The maximum Gasteiger partial charge on any atom is 0.508 e. The number of fused-ring (bicyclic) bond motifs is 1. The molecule has 0 saturated carbocycles. The van der Waals surface area contributed by atoms with Crippen LogP contribution in [0.3, 0.4) is 0 Å². The van der Waals surface area contributed by atoms with Crippen LogP contribution in [0.2, 0.25) is 0 Å². The van der Waals surface area contributed by atoms with Gasteiger partial charge in [-0.3, -0.25) is 15.1 Å². The lowest BCUT2D eigenvalue weighted by molar-refractivity contribution is -0.624. The SMILES string of the molecule is O=c1n(-c2cccc([N+](=O)[O-])c2)c2nccc(Cc3cccnc3)c2c[n+]1[O-]. The fraction of sp³-hybridized carbons (Fsp3) is 0.0526. The summed E-state index contributed by atoms with van der Waals surface area (Å²) in [7, 11) is 0. The molecule has 3 heterocycles. The number of nitro groups is 1. The first-order chi connectivity index (χ1) is 13.5. The zero-order valence-electron chi connectivity index (χ0n) is 14.4. The van der Waals surface area contributed by atoms with Crippen LogP contribution < -0.4 is 10.4 Å². The Kier molecular flexibility index (Phi) is 4.24. The number of hydrogen-bond donors (Lipinski definition) is 0. The Morgan fingerprint density at radius 2 is 2.00 bits per heavy atom. The van der Waals surface area contributed by atoms with Crippen molar-refractivity contribution in [2.75, 3.05) is 0 Å². The Bertz CT molecular complexity index is 1250. The predicted molar refractivity (Wildman–Crippen MR) is 100.0 cm³/mol. The molecule has 9 nitrogen and oxygen atoms in total. The molecule has 0 aliphatic carbocycles. The predicted octanol–water partition coefficient (Wildman–Crippen LogP) is 1.91. The molecule has 28 heavy (non-hydrogen) atoms. The first kappa shape index (κ1) is 17.3. The summed E-state index contributed by atoms with van der Waals surface area (Å²) >= 11 is 0. The molecule has 0 radical (unpaired) electrons. The summed E-state index contributed by atoms with van der Waals surface area (Å²) < 4.78 is 1.29. The van der Waals surface area contributed by atoms with Crippen LogP contribution in [-0.4, -0.2) is 19.5 Å². The molecule has 9 heteroatoms. The third-order valence-corrected chi connectivity index (χ3v) is 4.31. The highest BCUT2D eigenvalue weighted by molar-refractivity contribution is 5.79. The van der Waals surface area contributed by atoms with E-state index in [1.165, 1.54) is 36.7 Å². The molecule has 0 saturated heterocycles. The standard InChI is InChI=1S/C19H13N5O4/c25-19-22(26)12-17-14(9-13-3-2-7-20-11-13)6-8-21-18(17)23(19)15-4-1-5-16(10-15)24(27)28/h1-8,10-12H,9H2. The smallest absolute Gasteiger partial charge is 0.508 e. The molecule has 0 spiro atoms. The summed E-state index contributed by atoms with van der Waals surface area (Å²) in [6, 6.07) is 11.0. The minimum atomic E-state index is -0.890. The molecule has 0 aliphatic rings. The van der Waals surface area contributed by atoms with Crippen LogP contribution in [0.5, 0.6) is 0 Å². The number of benzene rings is 1. The van der Waals surface area contributed by atoms with Crippen molar-refractivity contribution in [3.8, 4) is 5.69 Å². The summed E-state index contributed by atoms with van der Waals surface area (Å²) in [5.41, 5.74) is 1.08. The van der Waals surface area contributed by atoms with Crippen molar-refractivity contribution in [3.63, 3.8) is 0 Å². The highest BCUT2D eigenvalue weighted by Gasteiger charge is 2.21. The second kappa shape index (κ2) is 6.88. The maximum absolute atomic E-state index is 12.5. The number of aromatic nitrogens is 4. The summed E-state index contributed by atoms with van der Waals surface area (Å²) in [6.45, 7) is 0. The molecule has 0 fully saturated rings. The van der Waals surface area contributed by atoms with E-state index in [2.05, 4.69) is 9.97 Å². The van der Waals surface area contributed by atoms with Gasteiger partial charge in [-0.15, -0.1) is 4.57 Å². The van der Waals surface area contributed by atoms with Gasteiger partial charge in [0.15, 0.2) is 0 Å². The van der Waals surface area contributed by atoms with Gasteiger partial charge in [0.1, 0.15) is 11.9 Å². The normalized spacial score (nSPS) is 10.9. The molecule has 0 N–H and O–H groups in total. The van der Waals surface area contributed by atoms with E-state index in [4.69, 9.17) is 0 Å². The van der Waals surface area contributed by atoms with Crippen molar-refractivity contribution in [2.45, 2.75) is 6.42 Å². The van der Waals surface area contributed by atoms with Crippen molar-refractivity contribution in [3.05, 3.63) is 104 Å². The first-order valence-corrected chi connectivity index (χ1v) is 8.31. The van der Waals surface area contributed by atoms with E-state index in [0.29, 0.717) is 11.8 Å². The number of non-ortho nitro benzene ring substituents is 1. The molecule has 0 unspecified atom stereocenters. The summed E-state index contributed by atoms with van der Waals surface area (Å²) in [6.07, 6.45) is 6.59. The molecule has 4 rings (SSSR count). The minimum Gasteiger partial charge on any atom is -0.708 e. The van der Waals surface area contributed by atoms with Crippen molar-refractivity contribution in [2.24, 2.45) is 0 Å². The van der Waals surface area contributed by atoms with Crippen LogP contribution in [0, 0.1) is 15.3 Å². The Labute approximate surface area is 157 Å². The Morgan fingerprint density at radius 3 is 2.75 bits per heavy atom. The summed E-state index contributed by atoms with van der Waals surface area (Å²) in [5.74, 6) is 0. The van der Waals surface area contributed by atoms with E-state index in [-0.39, 0.29) is 21.8 Å². The number of rotatable bonds is 4. The zero-order valence-corrected chi connectivity index (χ0v) is 14.4. The van der Waals surface area contributed by atoms with Crippen LogP contribution in [0.25, 0.3) is 16.7 Å². The highest BCUT2D eigenvalue weighted by atomic mass is 16.6. The quantitative estimate of drug-likeness (QED) is 0.233. The van der Waals surface area contributed by atoms with Crippen molar-refractivity contribution < 1.29 is 9.65 Å². The second-order valence-corrected chi connectivity index (χ2v) is 6.10. The average molecular weight is 375 g/mol. The van der Waals surface area contributed by atoms with Crippen LogP contribution in [-0.2, 0) is 6.42 Å². The molecule has 0 atom stereocenters. The largest absolute Gasteiger partial charge is 0.708 e. The van der Waals surface area contributed by atoms with Gasteiger partial charge in [-0.2, -0.15) is 9.52 Å². The van der Waals surface area contributed by atoms with Crippen LogP contribution in [0.4, 0.5) is 5.69 Å². The minimum absolute atomic E-state index is 0.189. The molecule has 1 aromatic carbocycles. The maximum atomic E-state index is 12.5. The van der Waals surface area contributed by atoms with E-state index >= 15 is 0 Å². The number of pyridine rings is 2. The van der Waals surface area contributed by atoms with Crippen LogP contribution in [0.1, 0.15) is 11.1 Å². The van der Waals surface area contributed by atoms with E-state index in [1.807, 2.05) is 12.1 Å². The Hall–Kier alpha value is -4.14. The van der Waals surface area contributed by atoms with Gasteiger partial charge in [0.25, 0.3) is 5.69 Å². The van der Waals surface area contributed by atoms with Crippen LogP contribution >= 0.6 is 0 Å². The topological polar surface area (TPSA) is 118 Å². The summed E-state index contributed by atoms with van der Waals surface area (Å²) in [4.78, 5) is 31.4. The molecule has 0 bridgehead atoms. The van der Waals surface area contributed by atoms with Gasteiger partial charge < -0.3 is 5.21 Å². The first-order valence-electron chi connectivity index (χ1n) is 8.31. The number of nitro benzene ring substituents is 1. The van der Waals surface area contributed by atoms with Gasteiger partial charge in [-0.25, -0.2) is 4.98 Å². The van der Waals surface area contributed by atoms with E-state index in [9.17, 15) is 20.1 Å². The number of nitrogens with zero attached hydrogens (tertiary/aromatic N) is 5. The van der Waals surface area contributed by atoms with Crippen molar-refractivity contribution >= 4 is 16.7 Å². The second-order valence-electron chi connectivity index (χ2n) is 6.10. The fourth-order valence-electron chi connectivity index (χ4n) is 3.04. The average Bonchev–Trinajstić information content (AvgIpc) is 2.70. The third-order valence-electron chi connectivity index (χ3n) is 4.31.